The van der Waals surface area contributed by atoms with Gasteiger partial charge in [0.1, 0.15) is 5.75 Å². The predicted octanol–water partition coefficient (Wildman–Crippen LogP) is 4.43. The number of hydrogen-bond donors (Lipinski definition) is 2. The van der Waals surface area contributed by atoms with Gasteiger partial charge in [0.05, 0.1) is 6.21 Å². The van der Waals surface area contributed by atoms with E-state index in [1.54, 1.807) is 18.2 Å². The molecule has 0 aliphatic rings. The highest BCUT2D eigenvalue weighted by molar-refractivity contribution is 6.03. The van der Waals surface area contributed by atoms with E-state index in [9.17, 15) is 9.90 Å². The molecule has 0 saturated carbocycles. The van der Waals surface area contributed by atoms with E-state index >= 15 is 0 Å². The highest BCUT2D eigenvalue weighted by Gasteiger charge is 2.07. The minimum absolute atomic E-state index is 0.123. The molecule has 0 unspecified atom stereocenters. The topological polar surface area (TPSA) is 61.7 Å². The van der Waals surface area contributed by atoms with Crippen molar-refractivity contribution in [2.45, 2.75) is 19.8 Å². The van der Waals surface area contributed by atoms with Crippen LogP contribution in [0.5, 0.6) is 5.75 Å². The summed E-state index contributed by atoms with van der Waals surface area (Å²) in [6.07, 6.45) is 1.47. The van der Waals surface area contributed by atoms with Crippen molar-refractivity contribution in [1.82, 2.24) is 5.43 Å². The number of nitrogens with one attached hydrogen (secondary N) is 1. The van der Waals surface area contributed by atoms with Crippen LogP contribution in [0.1, 0.15) is 41.3 Å². The summed E-state index contributed by atoms with van der Waals surface area (Å²) in [7, 11) is 0. The molecule has 25 heavy (non-hydrogen) atoms. The van der Waals surface area contributed by atoms with Crippen molar-refractivity contribution in [1.29, 1.82) is 0 Å². The van der Waals surface area contributed by atoms with E-state index in [1.165, 1.54) is 11.8 Å². The van der Waals surface area contributed by atoms with E-state index in [2.05, 4.69) is 24.4 Å². The van der Waals surface area contributed by atoms with Crippen LogP contribution < -0.4 is 5.43 Å². The van der Waals surface area contributed by atoms with Gasteiger partial charge in [-0.2, -0.15) is 5.10 Å². The van der Waals surface area contributed by atoms with Gasteiger partial charge in [-0.05, 0) is 40.5 Å². The van der Waals surface area contributed by atoms with Crippen LogP contribution in [-0.2, 0) is 0 Å². The Kier molecular flexibility index (Phi) is 4.80. The molecule has 0 aliphatic carbocycles. The third-order valence-corrected chi connectivity index (χ3v) is 4.15. The van der Waals surface area contributed by atoms with Crippen molar-refractivity contribution in [3.05, 3.63) is 77.4 Å². The summed E-state index contributed by atoms with van der Waals surface area (Å²) in [6.45, 7) is 4.21. The molecule has 0 fully saturated rings. The van der Waals surface area contributed by atoms with Gasteiger partial charge in [-0.3, -0.25) is 4.79 Å². The summed E-state index contributed by atoms with van der Waals surface area (Å²) in [6, 6.07) is 18.6. The molecule has 0 aliphatic heterocycles. The number of rotatable bonds is 4. The average Bonchev–Trinajstić information content (AvgIpc) is 2.63. The smallest absolute Gasteiger partial charge is 0.271 e. The number of nitrogens with zero attached hydrogens (tertiary/aromatic N) is 1. The maximum absolute atomic E-state index is 12.2. The first-order valence-electron chi connectivity index (χ1n) is 8.20. The van der Waals surface area contributed by atoms with Gasteiger partial charge < -0.3 is 5.11 Å². The molecular formula is C21H20N2O2. The highest BCUT2D eigenvalue weighted by atomic mass is 16.3. The molecule has 0 heterocycles. The second-order valence-electron chi connectivity index (χ2n) is 6.20. The minimum Gasteiger partial charge on any atom is -0.507 e. The van der Waals surface area contributed by atoms with Gasteiger partial charge in [0.25, 0.3) is 5.91 Å². The second-order valence-corrected chi connectivity index (χ2v) is 6.20. The Morgan fingerprint density at radius 3 is 2.48 bits per heavy atom. The maximum atomic E-state index is 12.2. The molecule has 4 nitrogen and oxygen atoms in total. The first-order valence-corrected chi connectivity index (χ1v) is 8.20. The maximum Gasteiger partial charge on any atom is 0.271 e. The fourth-order valence-corrected chi connectivity index (χ4v) is 2.66. The molecule has 0 aromatic heterocycles. The number of phenolic OH excluding ortho intramolecular Hbond substituents is 1. The van der Waals surface area contributed by atoms with Crippen LogP contribution in [0.25, 0.3) is 10.8 Å². The standard InChI is InChI=1S/C21H20N2O2/c1-14(2)15-7-9-17(10-8-15)21(25)23-22-13-19-18-6-4-3-5-16(18)11-12-20(19)24/h3-14,24H,1-2H3,(H,23,25)/b22-13+. The first kappa shape index (κ1) is 16.7. The zero-order chi connectivity index (χ0) is 17.8. The van der Waals surface area contributed by atoms with Gasteiger partial charge >= 0.3 is 0 Å². The molecule has 2 N–H and O–H groups in total. The van der Waals surface area contributed by atoms with Crippen LogP contribution in [0.2, 0.25) is 0 Å². The molecule has 0 spiro atoms. The molecule has 3 aromatic rings. The third kappa shape index (κ3) is 3.69. The summed E-state index contributed by atoms with van der Waals surface area (Å²) in [5.74, 6) is 0.258. The summed E-state index contributed by atoms with van der Waals surface area (Å²) in [5, 5.41) is 15.9. The van der Waals surface area contributed by atoms with Crippen LogP contribution in [0, 0.1) is 0 Å². The molecule has 4 heteroatoms. The molecule has 3 aromatic carbocycles. The lowest BCUT2D eigenvalue weighted by Crippen LogP contribution is -2.17. The van der Waals surface area contributed by atoms with Crippen LogP contribution in [-0.4, -0.2) is 17.2 Å². The number of hydrazone groups is 1. The molecule has 126 valence electrons. The van der Waals surface area contributed by atoms with Gasteiger partial charge in [-0.1, -0.05) is 56.3 Å². The Morgan fingerprint density at radius 1 is 1.04 bits per heavy atom. The normalized spacial score (nSPS) is 11.3. The number of phenols is 1. The fraction of sp³-hybridized carbons (Fsp3) is 0.143. The lowest BCUT2D eigenvalue weighted by atomic mass is 10.0. The number of amides is 1. The lowest BCUT2D eigenvalue weighted by molar-refractivity contribution is 0.0955. The van der Waals surface area contributed by atoms with Crippen molar-refractivity contribution >= 4 is 22.9 Å². The molecule has 0 bridgehead atoms. The summed E-state index contributed by atoms with van der Waals surface area (Å²) in [4.78, 5) is 12.2. The second kappa shape index (κ2) is 7.18. The zero-order valence-electron chi connectivity index (χ0n) is 14.2. The Balaban J connectivity index is 1.77. The average molecular weight is 332 g/mol. The third-order valence-electron chi connectivity index (χ3n) is 4.15. The highest BCUT2D eigenvalue weighted by Crippen LogP contribution is 2.25. The summed E-state index contributed by atoms with van der Waals surface area (Å²) in [5.41, 5.74) is 4.81. The first-order chi connectivity index (χ1) is 12.1. The van der Waals surface area contributed by atoms with E-state index in [0.29, 0.717) is 17.0 Å². The minimum atomic E-state index is -0.286. The van der Waals surface area contributed by atoms with Gasteiger partial charge in [0.15, 0.2) is 0 Å². The molecule has 3 rings (SSSR count). The van der Waals surface area contributed by atoms with Crippen LogP contribution in [0.15, 0.2) is 65.8 Å². The van der Waals surface area contributed by atoms with Gasteiger partial charge in [-0.25, -0.2) is 5.43 Å². The van der Waals surface area contributed by atoms with Gasteiger partial charge in [-0.15, -0.1) is 0 Å². The molecule has 0 atom stereocenters. The number of carbonyl (C=O) groups excluding carboxylic acids is 1. The quantitative estimate of drug-likeness (QED) is 0.548. The van der Waals surface area contributed by atoms with E-state index in [-0.39, 0.29) is 11.7 Å². The van der Waals surface area contributed by atoms with Gasteiger partial charge in [0.2, 0.25) is 0 Å². The van der Waals surface area contributed by atoms with E-state index in [4.69, 9.17) is 0 Å². The van der Waals surface area contributed by atoms with Crippen molar-refractivity contribution in [2.24, 2.45) is 5.10 Å². The number of hydrogen-bond acceptors (Lipinski definition) is 3. The Morgan fingerprint density at radius 2 is 1.76 bits per heavy atom. The predicted molar refractivity (Wildman–Crippen MR) is 101 cm³/mol. The van der Waals surface area contributed by atoms with E-state index in [1.807, 2.05) is 42.5 Å². The largest absolute Gasteiger partial charge is 0.507 e. The SMILES string of the molecule is CC(C)c1ccc(C(=O)N/N=C/c2c(O)ccc3ccccc23)cc1. The zero-order valence-corrected chi connectivity index (χ0v) is 14.2. The number of aromatic hydroxyl groups is 1. The number of fused-ring (bicyclic) bond motifs is 1. The van der Waals surface area contributed by atoms with Crippen molar-refractivity contribution in [3.63, 3.8) is 0 Å². The van der Waals surface area contributed by atoms with Crippen LogP contribution in [0.3, 0.4) is 0 Å². The number of benzene rings is 3. The molecule has 0 saturated heterocycles. The molecular weight excluding hydrogens is 312 g/mol. The fourth-order valence-electron chi connectivity index (χ4n) is 2.66. The van der Waals surface area contributed by atoms with Crippen molar-refractivity contribution < 1.29 is 9.90 Å². The number of carbonyl (C=O) groups is 1. The van der Waals surface area contributed by atoms with Crippen LogP contribution in [0.4, 0.5) is 0 Å². The van der Waals surface area contributed by atoms with Crippen molar-refractivity contribution in [3.8, 4) is 5.75 Å². The Hall–Kier alpha value is -3.14. The Bertz CT molecular complexity index is 928. The van der Waals surface area contributed by atoms with Crippen LogP contribution >= 0.6 is 0 Å². The molecule has 0 radical (unpaired) electrons. The van der Waals surface area contributed by atoms with Crippen molar-refractivity contribution in [2.75, 3.05) is 0 Å². The summed E-state index contributed by atoms with van der Waals surface area (Å²) >= 11 is 0. The van der Waals surface area contributed by atoms with E-state index in [0.717, 1.165) is 10.8 Å². The summed E-state index contributed by atoms with van der Waals surface area (Å²) < 4.78 is 0. The van der Waals surface area contributed by atoms with E-state index < -0.39 is 0 Å². The molecule has 1 amide bonds. The Labute approximate surface area is 146 Å². The monoisotopic (exact) mass is 332 g/mol. The van der Waals surface area contributed by atoms with Gasteiger partial charge in [0, 0.05) is 11.1 Å². The lowest BCUT2D eigenvalue weighted by Gasteiger charge is -2.06.